The molecule has 2 aliphatic carbocycles. The van der Waals surface area contributed by atoms with Gasteiger partial charge in [-0.15, -0.1) is 0 Å². The summed E-state index contributed by atoms with van der Waals surface area (Å²) < 4.78 is 7.18. The molecule has 1 atom stereocenters. The molecule has 12 heteroatoms. The van der Waals surface area contributed by atoms with Gasteiger partial charge < -0.3 is 25.5 Å². The van der Waals surface area contributed by atoms with Crippen LogP contribution in [0.1, 0.15) is 52.1 Å². The van der Waals surface area contributed by atoms with E-state index in [1.807, 2.05) is 39.0 Å². The van der Waals surface area contributed by atoms with Crippen LogP contribution in [0.5, 0.6) is 5.88 Å². The number of H-pyrrole nitrogens is 2. The Hall–Kier alpha value is -4.25. The Labute approximate surface area is 229 Å². The van der Waals surface area contributed by atoms with Crippen molar-refractivity contribution in [2.45, 2.75) is 58.2 Å². The van der Waals surface area contributed by atoms with Crippen molar-refractivity contribution in [1.29, 1.82) is 0 Å². The molecule has 0 aromatic carbocycles. The van der Waals surface area contributed by atoms with Crippen molar-refractivity contribution in [3.8, 4) is 5.88 Å². The second-order valence-corrected chi connectivity index (χ2v) is 10.9. The first-order valence-corrected chi connectivity index (χ1v) is 13.0. The highest BCUT2D eigenvalue weighted by Gasteiger charge is 2.23. The molecule has 39 heavy (non-hydrogen) atoms. The van der Waals surface area contributed by atoms with Gasteiger partial charge in [0, 0.05) is 27.7 Å². The van der Waals surface area contributed by atoms with Crippen LogP contribution in [0.2, 0.25) is 0 Å². The lowest BCUT2D eigenvalue weighted by Gasteiger charge is -2.24. The summed E-state index contributed by atoms with van der Waals surface area (Å²) in [6, 6.07) is 0. The third kappa shape index (κ3) is 6.26. The number of allylic oxidation sites excluding steroid dienone is 5. The highest BCUT2D eigenvalue weighted by molar-refractivity contribution is 6.29. The van der Waals surface area contributed by atoms with Crippen molar-refractivity contribution in [3.05, 3.63) is 85.5 Å². The predicted octanol–water partition coefficient (Wildman–Crippen LogP) is 2.12. The number of ether oxygens (including phenoxy) is 1. The normalized spacial score (nSPS) is 19.5. The average molecular weight is 552 g/mol. The van der Waals surface area contributed by atoms with Crippen molar-refractivity contribution in [3.63, 3.8) is 0 Å². The smallest absolute Gasteiger partial charge is 0.338 e. The topological polar surface area (TPSA) is 149 Å². The van der Waals surface area contributed by atoms with E-state index in [0.29, 0.717) is 34.9 Å². The van der Waals surface area contributed by atoms with Gasteiger partial charge in [0.15, 0.2) is 5.49 Å². The minimum absolute atomic E-state index is 0.214. The highest BCUT2D eigenvalue weighted by atomic mass is 35.5. The average Bonchev–Trinajstić information content (AvgIpc) is 3.40. The Balaban J connectivity index is 1.50. The Kier molecular flexibility index (Phi) is 7.09. The zero-order valence-electron chi connectivity index (χ0n) is 21.8. The molecule has 1 unspecified atom stereocenters. The molecule has 0 fully saturated rings. The lowest BCUT2D eigenvalue weighted by Crippen LogP contribution is -2.41. The molecule has 11 nitrogen and oxygen atoms in total. The number of imidazole rings is 1. The predicted molar refractivity (Wildman–Crippen MR) is 146 cm³/mol. The van der Waals surface area contributed by atoms with E-state index in [-0.39, 0.29) is 17.5 Å². The number of halogens is 1. The van der Waals surface area contributed by atoms with Crippen molar-refractivity contribution in [2.24, 2.45) is 4.99 Å². The SMILES string of the molecule is CC(C)(C)OC(=O)C1=CCCC(NC2=CC(NC3=CCCC(Cl)=C3)N=c3c(=Cc4[nH]c(=O)[nH]c4O)cnn32)=C1. The largest absolute Gasteiger partial charge is 0.493 e. The van der Waals surface area contributed by atoms with E-state index in [1.54, 1.807) is 23.0 Å². The second kappa shape index (κ2) is 10.5. The van der Waals surface area contributed by atoms with E-state index in [2.05, 4.69) is 31.8 Å². The Morgan fingerprint density at radius 2 is 2.03 bits per heavy atom. The molecule has 0 amide bonds. The monoisotopic (exact) mass is 551 g/mol. The molecule has 3 aliphatic rings. The molecule has 204 valence electrons. The minimum atomic E-state index is -0.594. The number of aromatic amines is 2. The first kappa shape index (κ1) is 26.4. The maximum atomic E-state index is 12.7. The molecule has 0 radical (unpaired) electrons. The van der Waals surface area contributed by atoms with Gasteiger partial charge in [-0.25, -0.2) is 14.6 Å². The van der Waals surface area contributed by atoms with Gasteiger partial charge in [-0.05, 0) is 64.7 Å². The van der Waals surface area contributed by atoms with E-state index in [0.717, 1.165) is 29.3 Å². The molecular formula is C27H30ClN7O4. The molecule has 1 aliphatic heterocycles. The molecule has 5 N–H and O–H groups in total. The van der Waals surface area contributed by atoms with Crippen LogP contribution in [-0.2, 0) is 9.53 Å². The number of carbonyl (C=O) groups excluding carboxylic acids is 1. The van der Waals surface area contributed by atoms with Gasteiger partial charge in [0.1, 0.15) is 23.3 Å². The third-order valence-corrected chi connectivity index (χ3v) is 6.31. The standard InChI is InChI=1S/C27H30ClN7O4/c1-27(2,3)39-25(37)15-6-4-8-18(10-15)31-22-13-21(30-19-9-5-7-17(28)12-19)33-23-16(14-29-35(22)23)11-20-24(36)34-26(38)32-20/h6,9-14,21,30-31,36H,4-5,7-8H2,1-3H3,(H2,32,34,38). The second-order valence-electron chi connectivity index (χ2n) is 10.4. The summed E-state index contributed by atoms with van der Waals surface area (Å²) >= 11 is 6.26. The quantitative estimate of drug-likeness (QED) is 0.345. The van der Waals surface area contributed by atoms with Crippen LogP contribution in [0, 0.1) is 0 Å². The highest BCUT2D eigenvalue weighted by Crippen LogP contribution is 2.22. The van der Waals surface area contributed by atoms with Crippen LogP contribution in [0.3, 0.4) is 0 Å². The fraction of sp³-hybridized carbons (Fsp3) is 0.333. The fourth-order valence-corrected chi connectivity index (χ4v) is 4.57. The van der Waals surface area contributed by atoms with Gasteiger partial charge in [-0.2, -0.15) is 9.78 Å². The Bertz CT molecular complexity index is 1640. The van der Waals surface area contributed by atoms with Crippen LogP contribution in [0.25, 0.3) is 11.9 Å². The maximum Gasteiger partial charge on any atom is 0.338 e. The van der Waals surface area contributed by atoms with Crippen molar-refractivity contribution < 1.29 is 14.6 Å². The third-order valence-electron chi connectivity index (χ3n) is 6.02. The molecule has 0 bridgehead atoms. The van der Waals surface area contributed by atoms with E-state index in [9.17, 15) is 14.7 Å². The van der Waals surface area contributed by atoms with Crippen LogP contribution in [0.4, 0.5) is 0 Å². The molecule has 0 spiro atoms. The maximum absolute atomic E-state index is 12.7. The van der Waals surface area contributed by atoms with Crippen LogP contribution >= 0.6 is 11.6 Å². The number of aromatic hydroxyl groups is 1. The number of nitrogens with one attached hydrogen (secondary N) is 4. The van der Waals surface area contributed by atoms with E-state index in [1.165, 1.54) is 0 Å². The number of esters is 1. The van der Waals surface area contributed by atoms with Gasteiger partial charge in [0.2, 0.25) is 5.88 Å². The number of aromatic nitrogens is 4. The zero-order chi connectivity index (χ0) is 27.7. The number of hydrogen-bond donors (Lipinski definition) is 5. The number of hydrogen-bond acceptors (Lipinski definition) is 8. The summed E-state index contributed by atoms with van der Waals surface area (Å²) in [7, 11) is 0. The number of nitrogens with zero attached hydrogens (tertiary/aromatic N) is 3. The molecular weight excluding hydrogens is 522 g/mol. The number of rotatable bonds is 6. The summed E-state index contributed by atoms with van der Waals surface area (Å²) in [5, 5.41) is 22.7. The summed E-state index contributed by atoms with van der Waals surface area (Å²) in [6.45, 7) is 5.50. The van der Waals surface area contributed by atoms with Crippen molar-refractivity contribution >= 4 is 29.5 Å². The molecule has 3 heterocycles. The first-order chi connectivity index (χ1) is 18.5. The van der Waals surface area contributed by atoms with Gasteiger partial charge in [-0.1, -0.05) is 23.8 Å². The summed E-state index contributed by atoms with van der Waals surface area (Å²) in [6.07, 6.45) is 15.2. The van der Waals surface area contributed by atoms with Crippen molar-refractivity contribution in [1.82, 2.24) is 30.4 Å². The molecule has 2 aromatic rings. The summed E-state index contributed by atoms with van der Waals surface area (Å²) in [5.74, 6) is -0.0223. The van der Waals surface area contributed by atoms with Crippen LogP contribution < -0.4 is 27.0 Å². The summed E-state index contributed by atoms with van der Waals surface area (Å²) in [4.78, 5) is 34.0. The van der Waals surface area contributed by atoms with Crippen LogP contribution in [0.15, 0.2) is 68.4 Å². The lowest BCUT2D eigenvalue weighted by atomic mass is 10.0. The van der Waals surface area contributed by atoms with Gasteiger partial charge in [0.25, 0.3) is 0 Å². The minimum Gasteiger partial charge on any atom is -0.493 e. The number of carbonyl (C=O) groups is 1. The van der Waals surface area contributed by atoms with Gasteiger partial charge >= 0.3 is 11.7 Å². The van der Waals surface area contributed by atoms with Crippen molar-refractivity contribution in [2.75, 3.05) is 0 Å². The fourth-order valence-electron chi connectivity index (χ4n) is 4.35. The molecule has 0 saturated carbocycles. The first-order valence-electron chi connectivity index (χ1n) is 12.6. The Morgan fingerprint density at radius 1 is 1.23 bits per heavy atom. The van der Waals surface area contributed by atoms with E-state index < -0.39 is 17.5 Å². The molecule has 2 aromatic heterocycles. The Morgan fingerprint density at radius 3 is 2.74 bits per heavy atom. The lowest BCUT2D eigenvalue weighted by molar-refractivity contribution is -0.149. The molecule has 5 rings (SSSR count). The zero-order valence-corrected chi connectivity index (χ0v) is 22.6. The van der Waals surface area contributed by atoms with E-state index in [4.69, 9.17) is 21.3 Å². The van der Waals surface area contributed by atoms with Crippen LogP contribution in [-0.4, -0.2) is 42.6 Å². The van der Waals surface area contributed by atoms with Gasteiger partial charge in [-0.3, -0.25) is 4.98 Å². The van der Waals surface area contributed by atoms with E-state index >= 15 is 0 Å². The number of fused-ring (bicyclic) bond motifs is 1. The summed E-state index contributed by atoms with van der Waals surface area (Å²) in [5.41, 5.74) is 1.77. The van der Waals surface area contributed by atoms with Gasteiger partial charge in [0.05, 0.1) is 11.8 Å². The molecule has 0 saturated heterocycles.